The van der Waals surface area contributed by atoms with Crippen molar-refractivity contribution in [2.45, 2.75) is 26.1 Å². The first-order valence-corrected chi connectivity index (χ1v) is 10.7. The molecule has 1 N–H and O–H groups in total. The van der Waals surface area contributed by atoms with Crippen molar-refractivity contribution in [2.75, 3.05) is 0 Å². The highest BCUT2D eigenvalue weighted by Gasteiger charge is 2.12. The predicted molar refractivity (Wildman–Crippen MR) is 126 cm³/mol. The van der Waals surface area contributed by atoms with Gasteiger partial charge in [-0.25, -0.2) is 0 Å². The van der Waals surface area contributed by atoms with Gasteiger partial charge < -0.3 is 10.1 Å². The van der Waals surface area contributed by atoms with Crippen LogP contribution in [0.4, 0.5) is 0 Å². The fourth-order valence-corrected chi connectivity index (χ4v) is 4.01. The van der Waals surface area contributed by atoms with Crippen LogP contribution in [0, 0.1) is 0 Å². The summed E-state index contributed by atoms with van der Waals surface area (Å²) in [7, 11) is 0. The van der Waals surface area contributed by atoms with Crippen LogP contribution in [0.15, 0.2) is 84.9 Å². The standard InChI is InChI=1S/C26H23Cl2NO/c1-18(19-7-3-2-4-8-19)29-16-24-23-10-6-5-9-20(23)12-14-26(24)30-17-21-11-13-22(27)15-25(21)28/h2-15,18,29H,16-17H2,1H3. The number of hydrogen-bond acceptors (Lipinski definition) is 2. The molecule has 4 rings (SSSR count). The van der Waals surface area contributed by atoms with Crippen molar-refractivity contribution in [3.8, 4) is 5.75 Å². The van der Waals surface area contributed by atoms with Crippen molar-refractivity contribution < 1.29 is 4.74 Å². The Morgan fingerprint density at radius 2 is 1.63 bits per heavy atom. The summed E-state index contributed by atoms with van der Waals surface area (Å²) in [4.78, 5) is 0. The summed E-state index contributed by atoms with van der Waals surface area (Å²) in [6.07, 6.45) is 0. The Hall–Kier alpha value is -2.52. The molecule has 0 fully saturated rings. The van der Waals surface area contributed by atoms with E-state index in [0.717, 1.165) is 16.9 Å². The summed E-state index contributed by atoms with van der Waals surface area (Å²) < 4.78 is 6.22. The Balaban J connectivity index is 1.59. The maximum Gasteiger partial charge on any atom is 0.124 e. The van der Waals surface area contributed by atoms with Gasteiger partial charge in [0.05, 0.1) is 0 Å². The lowest BCUT2D eigenvalue weighted by Gasteiger charge is -2.19. The van der Waals surface area contributed by atoms with Gasteiger partial charge in [0.25, 0.3) is 0 Å². The molecule has 0 amide bonds. The number of ether oxygens (including phenoxy) is 1. The highest BCUT2D eigenvalue weighted by Crippen LogP contribution is 2.30. The lowest BCUT2D eigenvalue weighted by atomic mass is 10.0. The molecule has 152 valence electrons. The maximum atomic E-state index is 6.32. The molecule has 0 bridgehead atoms. The minimum Gasteiger partial charge on any atom is -0.488 e. The van der Waals surface area contributed by atoms with Crippen LogP contribution in [0.2, 0.25) is 10.0 Å². The molecule has 0 aliphatic heterocycles. The molecule has 0 aromatic heterocycles. The molecule has 1 unspecified atom stereocenters. The molecule has 0 spiro atoms. The van der Waals surface area contributed by atoms with E-state index in [2.05, 4.69) is 66.8 Å². The third-order valence-corrected chi connectivity index (χ3v) is 5.87. The van der Waals surface area contributed by atoms with Gasteiger partial charge in [-0.3, -0.25) is 0 Å². The molecule has 0 saturated heterocycles. The van der Waals surface area contributed by atoms with E-state index in [9.17, 15) is 0 Å². The van der Waals surface area contributed by atoms with Crippen molar-refractivity contribution in [3.05, 3.63) is 112 Å². The zero-order valence-corrected chi connectivity index (χ0v) is 18.3. The molecule has 4 aromatic carbocycles. The molecule has 0 heterocycles. The SMILES string of the molecule is CC(NCc1c(OCc2ccc(Cl)cc2Cl)ccc2ccccc12)c1ccccc1. The second-order valence-corrected chi connectivity index (χ2v) is 8.14. The first-order valence-electron chi connectivity index (χ1n) is 9.97. The summed E-state index contributed by atoms with van der Waals surface area (Å²) in [6.45, 7) is 3.26. The van der Waals surface area contributed by atoms with Gasteiger partial charge in [-0.1, -0.05) is 89.9 Å². The van der Waals surface area contributed by atoms with Gasteiger partial charge in [-0.15, -0.1) is 0 Å². The van der Waals surface area contributed by atoms with Crippen molar-refractivity contribution in [1.29, 1.82) is 0 Å². The summed E-state index contributed by atoms with van der Waals surface area (Å²) in [5, 5.41) is 7.25. The van der Waals surface area contributed by atoms with E-state index in [1.165, 1.54) is 16.3 Å². The van der Waals surface area contributed by atoms with E-state index < -0.39 is 0 Å². The number of rotatable bonds is 7. The fraction of sp³-hybridized carbons (Fsp3) is 0.154. The highest BCUT2D eigenvalue weighted by molar-refractivity contribution is 6.35. The normalized spacial score (nSPS) is 12.1. The molecule has 1 atom stereocenters. The molecule has 2 nitrogen and oxygen atoms in total. The van der Waals surface area contributed by atoms with Crippen LogP contribution in [0.5, 0.6) is 5.75 Å². The van der Waals surface area contributed by atoms with Crippen molar-refractivity contribution in [1.82, 2.24) is 5.32 Å². The molecule has 0 saturated carbocycles. The molecule has 30 heavy (non-hydrogen) atoms. The van der Waals surface area contributed by atoms with Gasteiger partial charge in [0.1, 0.15) is 12.4 Å². The van der Waals surface area contributed by atoms with Gasteiger partial charge in [0.15, 0.2) is 0 Å². The first-order chi connectivity index (χ1) is 14.6. The zero-order valence-electron chi connectivity index (χ0n) is 16.7. The quantitative estimate of drug-likeness (QED) is 0.323. The molecule has 4 heteroatoms. The van der Waals surface area contributed by atoms with Crippen LogP contribution < -0.4 is 10.1 Å². The molecule has 0 aliphatic rings. The molecular weight excluding hydrogens is 413 g/mol. The third-order valence-electron chi connectivity index (χ3n) is 5.28. The molecular formula is C26H23Cl2NO. The minimum absolute atomic E-state index is 0.226. The van der Waals surface area contributed by atoms with E-state index in [1.807, 2.05) is 24.3 Å². The minimum atomic E-state index is 0.226. The number of fused-ring (bicyclic) bond motifs is 1. The van der Waals surface area contributed by atoms with Crippen LogP contribution >= 0.6 is 23.2 Å². The smallest absolute Gasteiger partial charge is 0.124 e. The number of nitrogens with one attached hydrogen (secondary N) is 1. The van der Waals surface area contributed by atoms with Crippen molar-refractivity contribution in [3.63, 3.8) is 0 Å². The summed E-state index contributed by atoms with van der Waals surface area (Å²) >= 11 is 12.3. The number of halogens is 2. The Bertz CT molecular complexity index is 1140. The monoisotopic (exact) mass is 435 g/mol. The van der Waals surface area contributed by atoms with Crippen molar-refractivity contribution in [2.24, 2.45) is 0 Å². The van der Waals surface area contributed by atoms with Crippen LogP contribution in [0.1, 0.15) is 29.7 Å². The van der Waals surface area contributed by atoms with Crippen molar-refractivity contribution >= 4 is 34.0 Å². The van der Waals surface area contributed by atoms with Gasteiger partial charge in [-0.2, -0.15) is 0 Å². The topological polar surface area (TPSA) is 21.3 Å². The van der Waals surface area contributed by atoms with Crippen LogP contribution in [0.25, 0.3) is 10.8 Å². The maximum absolute atomic E-state index is 6.32. The lowest BCUT2D eigenvalue weighted by Crippen LogP contribution is -2.18. The second kappa shape index (κ2) is 9.53. The van der Waals surface area contributed by atoms with Crippen LogP contribution in [-0.4, -0.2) is 0 Å². The Kier molecular flexibility index (Phi) is 6.59. The fourth-order valence-electron chi connectivity index (χ4n) is 3.54. The van der Waals surface area contributed by atoms with Crippen LogP contribution in [-0.2, 0) is 13.2 Å². The van der Waals surface area contributed by atoms with E-state index in [0.29, 0.717) is 23.2 Å². The molecule has 0 aliphatic carbocycles. The Morgan fingerprint density at radius 3 is 2.43 bits per heavy atom. The first kappa shape index (κ1) is 20.7. The molecule has 4 aromatic rings. The summed E-state index contributed by atoms with van der Waals surface area (Å²) in [5.74, 6) is 0.854. The number of hydrogen-bond donors (Lipinski definition) is 1. The second-order valence-electron chi connectivity index (χ2n) is 7.30. The van der Waals surface area contributed by atoms with Crippen LogP contribution in [0.3, 0.4) is 0 Å². The summed E-state index contributed by atoms with van der Waals surface area (Å²) in [6, 6.07) is 28.7. The highest BCUT2D eigenvalue weighted by atomic mass is 35.5. The van der Waals surface area contributed by atoms with E-state index in [4.69, 9.17) is 27.9 Å². The third kappa shape index (κ3) is 4.79. The largest absolute Gasteiger partial charge is 0.488 e. The van der Waals surface area contributed by atoms with Gasteiger partial charge in [0, 0.05) is 33.8 Å². The molecule has 0 radical (unpaired) electrons. The Morgan fingerprint density at radius 1 is 0.867 bits per heavy atom. The average molecular weight is 436 g/mol. The van der Waals surface area contributed by atoms with E-state index >= 15 is 0 Å². The van der Waals surface area contributed by atoms with Gasteiger partial charge in [-0.05, 0) is 41.5 Å². The van der Waals surface area contributed by atoms with E-state index in [1.54, 1.807) is 6.07 Å². The number of benzene rings is 4. The van der Waals surface area contributed by atoms with E-state index in [-0.39, 0.29) is 6.04 Å². The lowest BCUT2D eigenvalue weighted by molar-refractivity contribution is 0.302. The Labute approximate surface area is 187 Å². The van der Waals surface area contributed by atoms with Gasteiger partial charge in [0.2, 0.25) is 0 Å². The van der Waals surface area contributed by atoms with Gasteiger partial charge >= 0.3 is 0 Å². The predicted octanol–water partition coefficient (Wildman–Crippen LogP) is 7.58. The zero-order chi connectivity index (χ0) is 20.9. The summed E-state index contributed by atoms with van der Waals surface area (Å²) in [5.41, 5.74) is 3.31. The average Bonchev–Trinajstić information content (AvgIpc) is 2.77.